The zero-order valence-corrected chi connectivity index (χ0v) is 18.0. The molecule has 0 saturated carbocycles. The molecule has 0 aliphatic rings. The van der Waals surface area contributed by atoms with E-state index in [2.05, 4.69) is 25.7 Å². The van der Waals surface area contributed by atoms with Gasteiger partial charge in [-0.15, -0.1) is 10.2 Å². The van der Waals surface area contributed by atoms with Crippen LogP contribution in [-0.2, 0) is 5.75 Å². The van der Waals surface area contributed by atoms with Crippen molar-refractivity contribution in [3.05, 3.63) is 54.4 Å². The molecule has 2 aromatic heterocycles. The Labute approximate surface area is 181 Å². The van der Waals surface area contributed by atoms with Crippen LogP contribution in [0.3, 0.4) is 0 Å². The van der Waals surface area contributed by atoms with Crippen molar-refractivity contribution in [3.63, 3.8) is 0 Å². The summed E-state index contributed by atoms with van der Waals surface area (Å²) < 4.78 is 17.1. The van der Waals surface area contributed by atoms with E-state index < -0.39 is 0 Å². The molecule has 0 fully saturated rings. The maximum atomic E-state index is 5.64. The number of aromatic nitrogens is 4. The lowest BCUT2D eigenvalue weighted by molar-refractivity contribution is 0.341. The van der Waals surface area contributed by atoms with Crippen molar-refractivity contribution in [1.82, 2.24) is 20.3 Å². The Morgan fingerprint density at radius 2 is 2.03 bits per heavy atom. The van der Waals surface area contributed by atoms with Crippen molar-refractivity contribution in [3.8, 4) is 22.9 Å². The highest BCUT2D eigenvalue weighted by atomic mass is 32.2. The van der Waals surface area contributed by atoms with Gasteiger partial charge in [0, 0.05) is 11.8 Å². The standard InChI is InChI=1S/C20H19N5O3S2/c1-3-27-16-10-5-4-9-15(16)18-22-17(28-25-18)12-29-20-24-23-19(30-20)21-13-7-6-8-14(11-13)26-2/h4-11H,3,12H2,1-2H3,(H,21,23). The maximum Gasteiger partial charge on any atom is 0.237 e. The number of anilines is 2. The van der Waals surface area contributed by atoms with E-state index in [9.17, 15) is 0 Å². The second kappa shape index (κ2) is 9.59. The highest BCUT2D eigenvalue weighted by Gasteiger charge is 2.14. The molecule has 30 heavy (non-hydrogen) atoms. The molecule has 0 spiro atoms. The van der Waals surface area contributed by atoms with E-state index in [1.807, 2.05) is 55.5 Å². The first-order valence-corrected chi connectivity index (χ1v) is 11.0. The van der Waals surface area contributed by atoms with Gasteiger partial charge in [-0.3, -0.25) is 0 Å². The normalized spacial score (nSPS) is 10.7. The van der Waals surface area contributed by atoms with Gasteiger partial charge in [-0.05, 0) is 31.2 Å². The Bertz CT molecular complexity index is 1120. The molecule has 2 aromatic carbocycles. The minimum Gasteiger partial charge on any atom is -0.497 e. The van der Waals surface area contributed by atoms with Crippen LogP contribution in [0.1, 0.15) is 12.8 Å². The zero-order valence-electron chi connectivity index (χ0n) is 16.4. The van der Waals surface area contributed by atoms with Crippen LogP contribution in [0.15, 0.2) is 57.4 Å². The highest BCUT2D eigenvalue weighted by Crippen LogP contribution is 2.32. The van der Waals surface area contributed by atoms with Crippen LogP contribution in [0, 0.1) is 0 Å². The lowest BCUT2D eigenvalue weighted by atomic mass is 10.2. The molecule has 0 aliphatic heterocycles. The summed E-state index contributed by atoms with van der Waals surface area (Å²) in [5.41, 5.74) is 1.69. The molecule has 1 N–H and O–H groups in total. The SMILES string of the molecule is CCOc1ccccc1-c1noc(CSc2nnc(Nc3cccc(OC)c3)s2)n1. The number of thioether (sulfide) groups is 1. The summed E-state index contributed by atoms with van der Waals surface area (Å²) in [5.74, 6) is 3.03. The van der Waals surface area contributed by atoms with Crippen LogP contribution in [0.5, 0.6) is 11.5 Å². The smallest absolute Gasteiger partial charge is 0.237 e. The van der Waals surface area contributed by atoms with Crippen LogP contribution >= 0.6 is 23.1 Å². The van der Waals surface area contributed by atoms with Gasteiger partial charge in [-0.2, -0.15) is 4.98 Å². The number of nitrogens with one attached hydrogen (secondary N) is 1. The Hall–Kier alpha value is -3.11. The van der Waals surface area contributed by atoms with Gasteiger partial charge in [0.25, 0.3) is 0 Å². The summed E-state index contributed by atoms with van der Waals surface area (Å²) in [6.07, 6.45) is 0. The van der Waals surface area contributed by atoms with Gasteiger partial charge in [-0.25, -0.2) is 0 Å². The van der Waals surface area contributed by atoms with E-state index in [1.165, 1.54) is 23.1 Å². The highest BCUT2D eigenvalue weighted by molar-refractivity contribution is 8.00. The molecule has 0 bridgehead atoms. The number of hydrogen-bond acceptors (Lipinski definition) is 10. The Morgan fingerprint density at radius 3 is 2.90 bits per heavy atom. The van der Waals surface area contributed by atoms with Crippen LogP contribution < -0.4 is 14.8 Å². The predicted octanol–water partition coefficient (Wildman–Crippen LogP) is 5.03. The number of benzene rings is 2. The quantitative estimate of drug-likeness (QED) is 0.359. The number of rotatable bonds is 9. The summed E-state index contributed by atoms with van der Waals surface area (Å²) in [4.78, 5) is 4.48. The summed E-state index contributed by atoms with van der Waals surface area (Å²) in [6.45, 7) is 2.51. The molecule has 4 aromatic rings. The molecule has 2 heterocycles. The van der Waals surface area contributed by atoms with Crippen LogP contribution in [-0.4, -0.2) is 34.1 Å². The van der Waals surface area contributed by atoms with E-state index in [1.54, 1.807) is 7.11 Å². The molecule has 10 heteroatoms. The van der Waals surface area contributed by atoms with Crippen molar-refractivity contribution < 1.29 is 14.0 Å². The number of methoxy groups -OCH3 is 1. The van der Waals surface area contributed by atoms with Crippen LogP contribution in [0.4, 0.5) is 10.8 Å². The molecule has 0 atom stereocenters. The monoisotopic (exact) mass is 441 g/mol. The fourth-order valence-electron chi connectivity index (χ4n) is 2.62. The summed E-state index contributed by atoms with van der Waals surface area (Å²) in [7, 11) is 1.64. The lowest BCUT2D eigenvalue weighted by Crippen LogP contribution is -1.94. The number of hydrogen-bond donors (Lipinski definition) is 1. The second-order valence-electron chi connectivity index (χ2n) is 5.96. The Kier molecular flexibility index (Phi) is 6.45. The molecular formula is C20H19N5O3S2. The van der Waals surface area contributed by atoms with Gasteiger partial charge in [0.15, 0.2) is 4.34 Å². The Balaban J connectivity index is 1.38. The van der Waals surface area contributed by atoms with Crippen LogP contribution in [0.25, 0.3) is 11.4 Å². The zero-order chi connectivity index (χ0) is 20.8. The van der Waals surface area contributed by atoms with Gasteiger partial charge in [0.1, 0.15) is 11.5 Å². The predicted molar refractivity (Wildman–Crippen MR) is 117 cm³/mol. The first kappa shape index (κ1) is 20.2. The molecule has 0 aliphatic carbocycles. The molecule has 0 saturated heterocycles. The summed E-state index contributed by atoms with van der Waals surface area (Å²) >= 11 is 2.94. The van der Waals surface area contributed by atoms with Crippen molar-refractivity contribution >= 4 is 33.9 Å². The second-order valence-corrected chi connectivity index (χ2v) is 8.16. The van der Waals surface area contributed by atoms with E-state index in [-0.39, 0.29) is 0 Å². The first-order chi connectivity index (χ1) is 14.7. The molecule has 0 amide bonds. The molecule has 8 nitrogen and oxygen atoms in total. The molecule has 154 valence electrons. The van der Waals surface area contributed by atoms with E-state index in [4.69, 9.17) is 14.0 Å². The Morgan fingerprint density at radius 1 is 1.13 bits per heavy atom. The number of nitrogens with zero attached hydrogens (tertiary/aromatic N) is 4. The minimum atomic E-state index is 0.498. The molecular weight excluding hydrogens is 422 g/mol. The number of ether oxygens (including phenoxy) is 2. The fraction of sp³-hybridized carbons (Fsp3) is 0.200. The first-order valence-electron chi connectivity index (χ1n) is 9.17. The third kappa shape index (κ3) is 4.89. The third-order valence-corrected chi connectivity index (χ3v) is 5.90. The van der Waals surface area contributed by atoms with Crippen molar-refractivity contribution in [1.29, 1.82) is 0 Å². The average Bonchev–Trinajstić information content (AvgIpc) is 3.42. The molecule has 4 rings (SSSR count). The topological polar surface area (TPSA) is 95.2 Å². The maximum absolute atomic E-state index is 5.64. The largest absolute Gasteiger partial charge is 0.497 e. The number of para-hydroxylation sites is 1. The van der Waals surface area contributed by atoms with Crippen LogP contribution in [0.2, 0.25) is 0 Å². The average molecular weight is 442 g/mol. The molecule has 0 unspecified atom stereocenters. The van der Waals surface area contributed by atoms with Gasteiger partial charge < -0.3 is 19.3 Å². The third-order valence-electron chi connectivity index (χ3n) is 3.94. The van der Waals surface area contributed by atoms with Crippen molar-refractivity contribution in [2.45, 2.75) is 17.0 Å². The van der Waals surface area contributed by atoms with Gasteiger partial charge in [0.2, 0.25) is 16.8 Å². The minimum absolute atomic E-state index is 0.498. The fourth-order valence-corrected chi connectivity index (χ4v) is 4.23. The van der Waals surface area contributed by atoms with Gasteiger partial charge >= 0.3 is 0 Å². The van der Waals surface area contributed by atoms with Crippen molar-refractivity contribution in [2.75, 3.05) is 19.0 Å². The summed E-state index contributed by atoms with van der Waals surface area (Å²) in [6, 6.07) is 15.3. The van der Waals surface area contributed by atoms with E-state index in [0.29, 0.717) is 29.2 Å². The molecule has 0 radical (unpaired) electrons. The lowest BCUT2D eigenvalue weighted by Gasteiger charge is -2.05. The van der Waals surface area contributed by atoms with E-state index in [0.717, 1.165) is 27.1 Å². The van der Waals surface area contributed by atoms with Crippen molar-refractivity contribution in [2.24, 2.45) is 0 Å². The summed E-state index contributed by atoms with van der Waals surface area (Å²) in [5, 5.41) is 16.4. The van der Waals surface area contributed by atoms with E-state index >= 15 is 0 Å². The van der Waals surface area contributed by atoms with Gasteiger partial charge in [-0.1, -0.05) is 46.5 Å². The van der Waals surface area contributed by atoms with Gasteiger partial charge in [0.05, 0.1) is 25.0 Å².